The molecule has 2 aromatic heterocycles. The molecule has 31 heavy (non-hydrogen) atoms. The van der Waals surface area contributed by atoms with Crippen LogP contribution in [0.2, 0.25) is 0 Å². The summed E-state index contributed by atoms with van der Waals surface area (Å²) in [6, 6.07) is 8.84. The molecule has 4 rings (SSSR count). The fourth-order valence-corrected chi connectivity index (χ4v) is 3.55. The van der Waals surface area contributed by atoms with Gasteiger partial charge < -0.3 is 14.2 Å². The van der Waals surface area contributed by atoms with Crippen molar-refractivity contribution in [3.63, 3.8) is 0 Å². The van der Waals surface area contributed by atoms with Crippen LogP contribution in [0.1, 0.15) is 36.2 Å². The van der Waals surface area contributed by atoms with E-state index in [0.29, 0.717) is 23.7 Å². The third-order valence-electron chi connectivity index (χ3n) is 4.95. The van der Waals surface area contributed by atoms with E-state index in [1.807, 2.05) is 39.0 Å². The molecule has 0 spiro atoms. The third kappa shape index (κ3) is 4.60. The molecule has 7 heteroatoms. The standard InChI is InChI=1S/C24H24N2O5/c1-4-29-20-11-18-9-16(3)31-21(18)10-17(20)6-8-24(28)30-14-19-12-23(27)26-13-15(2)5-7-22(26)25-19/h5-8,10-13,16H,4,9,14H2,1-3H3/b8-6+/t16-/m1/s1. The monoisotopic (exact) mass is 420 g/mol. The van der Waals surface area contributed by atoms with E-state index in [-0.39, 0.29) is 18.3 Å². The molecule has 3 heterocycles. The molecule has 7 nitrogen and oxygen atoms in total. The number of ether oxygens (including phenoxy) is 3. The highest BCUT2D eigenvalue weighted by Gasteiger charge is 2.21. The molecule has 0 amide bonds. The highest BCUT2D eigenvalue weighted by Crippen LogP contribution is 2.35. The minimum Gasteiger partial charge on any atom is -0.493 e. The second kappa shape index (κ2) is 8.63. The predicted molar refractivity (Wildman–Crippen MR) is 116 cm³/mol. The van der Waals surface area contributed by atoms with E-state index < -0.39 is 5.97 Å². The summed E-state index contributed by atoms with van der Waals surface area (Å²) in [7, 11) is 0. The maximum Gasteiger partial charge on any atom is 0.331 e. The largest absolute Gasteiger partial charge is 0.493 e. The molecule has 0 saturated carbocycles. The van der Waals surface area contributed by atoms with E-state index in [2.05, 4.69) is 4.98 Å². The van der Waals surface area contributed by atoms with Crippen LogP contribution < -0.4 is 15.0 Å². The number of hydrogen-bond acceptors (Lipinski definition) is 6. The van der Waals surface area contributed by atoms with Crippen LogP contribution in [-0.4, -0.2) is 28.1 Å². The number of esters is 1. The van der Waals surface area contributed by atoms with Crippen LogP contribution in [0.5, 0.6) is 11.5 Å². The topological polar surface area (TPSA) is 79.1 Å². The molecule has 0 aliphatic carbocycles. The van der Waals surface area contributed by atoms with Gasteiger partial charge in [0.1, 0.15) is 29.9 Å². The van der Waals surface area contributed by atoms with Crippen molar-refractivity contribution in [3.05, 3.63) is 75.3 Å². The normalized spacial score (nSPS) is 15.1. The minimum absolute atomic E-state index is 0.0913. The molecule has 1 atom stereocenters. The average Bonchev–Trinajstić information content (AvgIpc) is 3.10. The number of carbonyl (C=O) groups excluding carboxylic acids is 1. The SMILES string of the molecule is CCOc1cc2c(cc1/C=C/C(=O)OCc1cc(=O)n3cc(C)ccc3n1)O[C@H](C)C2. The number of pyridine rings is 1. The molecular weight excluding hydrogens is 396 g/mol. The Hall–Kier alpha value is -3.61. The van der Waals surface area contributed by atoms with Crippen molar-refractivity contribution in [1.82, 2.24) is 9.38 Å². The van der Waals surface area contributed by atoms with Crippen LogP contribution in [0.25, 0.3) is 11.7 Å². The molecule has 0 unspecified atom stereocenters. The number of aromatic nitrogens is 2. The van der Waals surface area contributed by atoms with Crippen molar-refractivity contribution in [2.75, 3.05) is 6.61 Å². The van der Waals surface area contributed by atoms with E-state index in [1.54, 1.807) is 18.3 Å². The predicted octanol–water partition coefficient (Wildman–Crippen LogP) is 3.48. The third-order valence-corrected chi connectivity index (χ3v) is 4.95. The molecule has 0 fully saturated rings. The Labute approximate surface area is 179 Å². The second-order valence-electron chi connectivity index (χ2n) is 7.52. The lowest BCUT2D eigenvalue weighted by Crippen LogP contribution is -2.16. The van der Waals surface area contributed by atoms with E-state index >= 15 is 0 Å². The fourth-order valence-electron chi connectivity index (χ4n) is 3.55. The van der Waals surface area contributed by atoms with E-state index in [0.717, 1.165) is 28.9 Å². The lowest BCUT2D eigenvalue weighted by molar-refractivity contribution is -0.139. The van der Waals surface area contributed by atoms with E-state index in [1.165, 1.54) is 16.5 Å². The van der Waals surface area contributed by atoms with Gasteiger partial charge in [0.25, 0.3) is 5.56 Å². The number of aryl methyl sites for hydroxylation is 1. The van der Waals surface area contributed by atoms with Crippen molar-refractivity contribution < 1.29 is 19.0 Å². The molecular formula is C24H24N2O5. The number of rotatable bonds is 6. The number of hydrogen-bond donors (Lipinski definition) is 0. The Bertz CT molecular complexity index is 1230. The van der Waals surface area contributed by atoms with E-state index in [4.69, 9.17) is 14.2 Å². The molecule has 1 aliphatic heterocycles. The minimum atomic E-state index is -0.539. The van der Waals surface area contributed by atoms with Gasteiger partial charge in [-0.15, -0.1) is 0 Å². The molecule has 3 aromatic rings. The quantitative estimate of drug-likeness (QED) is 0.449. The summed E-state index contributed by atoms with van der Waals surface area (Å²) in [4.78, 5) is 28.9. The first-order chi connectivity index (χ1) is 14.9. The van der Waals surface area contributed by atoms with Gasteiger partial charge in [-0.1, -0.05) is 6.07 Å². The number of carbonyl (C=O) groups is 1. The van der Waals surface area contributed by atoms with Gasteiger partial charge in [0.15, 0.2) is 0 Å². The zero-order chi connectivity index (χ0) is 22.0. The molecule has 0 radical (unpaired) electrons. The van der Waals surface area contributed by atoms with Gasteiger partial charge in [0.05, 0.1) is 12.3 Å². The highest BCUT2D eigenvalue weighted by atomic mass is 16.5. The first-order valence-electron chi connectivity index (χ1n) is 10.2. The summed E-state index contributed by atoms with van der Waals surface area (Å²) in [5.74, 6) is 0.964. The van der Waals surface area contributed by atoms with Crippen molar-refractivity contribution in [2.45, 2.75) is 39.9 Å². The smallest absolute Gasteiger partial charge is 0.331 e. The molecule has 1 aromatic carbocycles. The molecule has 0 N–H and O–H groups in total. The van der Waals surface area contributed by atoms with Gasteiger partial charge in [-0.25, -0.2) is 9.78 Å². The molecule has 1 aliphatic rings. The lowest BCUT2D eigenvalue weighted by Gasteiger charge is -2.10. The summed E-state index contributed by atoms with van der Waals surface area (Å²) in [6.45, 7) is 6.25. The van der Waals surface area contributed by atoms with Crippen LogP contribution >= 0.6 is 0 Å². The van der Waals surface area contributed by atoms with Crippen LogP contribution in [0.4, 0.5) is 0 Å². The number of nitrogens with zero attached hydrogens (tertiary/aromatic N) is 2. The summed E-state index contributed by atoms with van der Waals surface area (Å²) in [5.41, 5.74) is 3.48. The highest BCUT2D eigenvalue weighted by molar-refractivity contribution is 5.87. The van der Waals surface area contributed by atoms with Crippen LogP contribution in [0.3, 0.4) is 0 Å². The maximum atomic E-state index is 12.3. The van der Waals surface area contributed by atoms with Gasteiger partial charge in [0, 0.05) is 35.9 Å². The Morgan fingerprint density at radius 1 is 1.32 bits per heavy atom. The number of fused-ring (bicyclic) bond motifs is 2. The van der Waals surface area contributed by atoms with Crippen molar-refractivity contribution in [3.8, 4) is 11.5 Å². The summed E-state index contributed by atoms with van der Waals surface area (Å²) in [5, 5.41) is 0. The summed E-state index contributed by atoms with van der Waals surface area (Å²) in [6.07, 6.45) is 5.65. The van der Waals surface area contributed by atoms with Crippen LogP contribution in [0, 0.1) is 6.92 Å². The average molecular weight is 420 g/mol. The van der Waals surface area contributed by atoms with Gasteiger partial charge in [-0.2, -0.15) is 0 Å². The first-order valence-corrected chi connectivity index (χ1v) is 10.2. The Kier molecular flexibility index (Phi) is 5.75. The molecule has 0 bridgehead atoms. The summed E-state index contributed by atoms with van der Waals surface area (Å²) < 4.78 is 18.3. The fraction of sp³-hybridized carbons (Fsp3) is 0.292. The van der Waals surface area contributed by atoms with Crippen molar-refractivity contribution in [1.29, 1.82) is 0 Å². The zero-order valence-electron chi connectivity index (χ0n) is 17.8. The second-order valence-corrected chi connectivity index (χ2v) is 7.52. The van der Waals surface area contributed by atoms with Gasteiger partial charge >= 0.3 is 5.97 Å². The Balaban J connectivity index is 1.47. The lowest BCUT2D eigenvalue weighted by atomic mass is 10.1. The Morgan fingerprint density at radius 3 is 2.97 bits per heavy atom. The van der Waals surface area contributed by atoms with Gasteiger partial charge in [-0.05, 0) is 50.6 Å². The van der Waals surface area contributed by atoms with Gasteiger partial charge in [0.2, 0.25) is 0 Å². The van der Waals surface area contributed by atoms with Crippen molar-refractivity contribution in [2.24, 2.45) is 0 Å². The van der Waals surface area contributed by atoms with Crippen molar-refractivity contribution >= 4 is 17.7 Å². The zero-order valence-corrected chi connectivity index (χ0v) is 17.8. The van der Waals surface area contributed by atoms with Crippen LogP contribution in [0.15, 0.2) is 47.4 Å². The molecule has 160 valence electrons. The number of benzene rings is 1. The summed E-state index contributed by atoms with van der Waals surface area (Å²) >= 11 is 0. The van der Waals surface area contributed by atoms with Crippen LogP contribution in [-0.2, 0) is 22.6 Å². The maximum absolute atomic E-state index is 12.3. The first kappa shape index (κ1) is 20.7. The van der Waals surface area contributed by atoms with E-state index in [9.17, 15) is 9.59 Å². The molecule has 0 saturated heterocycles. The Morgan fingerprint density at radius 2 is 2.16 bits per heavy atom. The van der Waals surface area contributed by atoms with Gasteiger partial charge in [-0.3, -0.25) is 9.20 Å².